The van der Waals surface area contributed by atoms with E-state index in [1.165, 1.54) is 6.92 Å². The zero-order valence-corrected chi connectivity index (χ0v) is 7.46. The van der Waals surface area contributed by atoms with Crippen molar-refractivity contribution in [1.82, 2.24) is 4.98 Å². The minimum absolute atomic E-state index is 0.00519. The molecule has 14 heavy (non-hydrogen) atoms. The van der Waals surface area contributed by atoms with Crippen LogP contribution < -0.4 is 0 Å². The monoisotopic (exact) mass is 198 g/mol. The first-order valence-electron chi connectivity index (χ1n) is 3.89. The highest BCUT2D eigenvalue weighted by molar-refractivity contribution is 5.41. The van der Waals surface area contributed by atoms with Crippen molar-refractivity contribution in [3.05, 3.63) is 28.6 Å². The molecule has 0 spiro atoms. The molecule has 0 saturated carbocycles. The number of hydrogen-bond acceptors (Lipinski definition) is 3. The summed E-state index contributed by atoms with van der Waals surface area (Å²) in [5, 5.41) is 17.5. The molecule has 1 aromatic heterocycles. The molecule has 1 heterocycles. The van der Waals surface area contributed by atoms with Crippen LogP contribution in [0.1, 0.15) is 28.8 Å². The average Bonchev–Trinajstić information content (AvgIpc) is 2.16. The second-order valence-corrected chi connectivity index (χ2v) is 2.74. The van der Waals surface area contributed by atoms with Crippen LogP contribution in [0.15, 0.2) is 6.20 Å². The van der Waals surface area contributed by atoms with Gasteiger partial charge in [-0.25, -0.2) is 13.8 Å². The molecule has 5 heteroatoms. The third kappa shape index (κ3) is 1.70. The first-order chi connectivity index (χ1) is 6.61. The number of halogens is 2. The van der Waals surface area contributed by atoms with Crippen molar-refractivity contribution in [3.8, 4) is 6.07 Å². The lowest BCUT2D eigenvalue weighted by atomic mass is 10.0. The number of alkyl halides is 2. The number of pyridine rings is 1. The number of nitrogens with zero attached hydrogens (tertiary/aromatic N) is 2. The number of rotatable bonds is 2. The Morgan fingerprint density at radius 2 is 2.29 bits per heavy atom. The van der Waals surface area contributed by atoms with E-state index in [0.29, 0.717) is 0 Å². The van der Waals surface area contributed by atoms with Crippen LogP contribution in [0, 0.1) is 18.3 Å². The summed E-state index contributed by atoms with van der Waals surface area (Å²) < 4.78 is 24.8. The normalized spacial score (nSPS) is 10.3. The van der Waals surface area contributed by atoms with Gasteiger partial charge in [0, 0.05) is 17.3 Å². The van der Waals surface area contributed by atoms with Crippen LogP contribution >= 0.6 is 0 Å². The van der Waals surface area contributed by atoms with Crippen LogP contribution in [0.5, 0.6) is 0 Å². The fraction of sp³-hybridized carbons (Fsp3) is 0.333. The highest BCUT2D eigenvalue weighted by Gasteiger charge is 2.16. The Bertz CT molecular complexity index is 385. The van der Waals surface area contributed by atoms with Crippen LogP contribution in [0.3, 0.4) is 0 Å². The molecule has 0 aliphatic carbocycles. The van der Waals surface area contributed by atoms with E-state index in [1.54, 1.807) is 6.07 Å². The van der Waals surface area contributed by atoms with Crippen molar-refractivity contribution in [3.63, 3.8) is 0 Å². The summed E-state index contributed by atoms with van der Waals surface area (Å²) in [5.41, 5.74) is 0.154. The SMILES string of the molecule is Cc1c(C(F)F)cnc(C#N)c1CO. The maximum Gasteiger partial charge on any atom is 0.265 e. The molecule has 0 aromatic carbocycles. The number of nitriles is 1. The Balaban J connectivity index is 3.37. The van der Waals surface area contributed by atoms with Gasteiger partial charge in [0.05, 0.1) is 6.61 Å². The summed E-state index contributed by atoms with van der Waals surface area (Å²) in [6, 6.07) is 1.74. The Morgan fingerprint density at radius 1 is 1.64 bits per heavy atom. The number of aliphatic hydroxyl groups excluding tert-OH is 1. The second kappa shape index (κ2) is 4.11. The summed E-state index contributed by atoms with van der Waals surface area (Å²) in [4.78, 5) is 3.55. The van der Waals surface area contributed by atoms with Gasteiger partial charge in [0.15, 0.2) is 0 Å². The second-order valence-electron chi connectivity index (χ2n) is 2.74. The van der Waals surface area contributed by atoms with Gasteiger partial charge in [0.2, 0.25) is 0 Å². The molecule has 74 valence electrons. The van der Waals surface area contributed by atoms with Gasteiger partial charge in [0.25, 0.3) is 6.43 Å². The summed E-state index contributed by atoms with van der Waals surface area (Å²) >= 11 is 0. The smallest absolute Gasteiger partial charge is 0.265 e. The summed E-state index contributed by atoms with van der Waals surface area (Å²) in [6.45, 7) is 0.984. The summed E-state index contributed by atoms with van der Waals surface area (Å²) in [6.07, 6.45) is -1.67. The number of aliphatic hydroxyl groups is 1. The molecule has 0 fully saturated rings. The predicted octanol–water partition coefficient (Wildman–Crippen LogP) is 1.69. The van der Waals surface area contributed by atoms with Crippen molar-refractivity contribution in [2.24, 2.45) is 0 Å². The molecular weight excluding hydrogens is 190 g/mol. The van der Waals surface area contributed by atoms with E-state index in [4.69, 9.17) is 10.4 Å². The van der Waals surface area contributed by atoms with Crippen molar-refractivity contribution in [2.75, 3.05) is 0 Å². The Morgan fingerprint density at radius 3 is 2.71 bits per heavy atom. The van der Waals surface area contributed by atoms with Gasteiger partial charge in [-0.3, -0.25) is 0 Å². The van der Waals surface area contributed by atoms with Gasteiger partial charge in [-0.05, 0) is 12.5 Å². The van der Waals surface area contributed by atoms with Gasteiger partial charge in [0.1, 0.15) is 11.8 Å². The van der Waals surface area contributed by atoms with Crippen molar-refractivity contribution in [1.29, 1.82) is 5.26 Å². The molecule has 1 rings (SSSR count). The first kappa shape index (κ1) is 10.5. The lowest BCUT2D eigenvalue weighted by Gasteiger charge is -2.09. The third-order valence-electron chi connectivity index (χ3n) is 2.00. The predicted molar refractivity (Wildman–Crippen MR) is 44.6 cm³/mol. The van der Waals surface area contributed by atoms with Gasteiger partial charge >= 0.3 is 0 Å². The molecule has 0 radical (unpaired) electrons. The van der Waals surface area contributed by atoms with E-state index >= 15 is 0 Å². The van der Waals surface area contributed by atoms with Gasteiger partial charge in [-0.1, -0.05) is 0 Å². The Hall–Kier alpha value is -1.54. The van der Waals surface area contributed by atoms with Crippen LogP contribution in [-0.2, 0) is 6.61 Å². The number of aromatic nitrogens is 1. The molecule has 0 unspecified atom stereocenters. The van der Waals surface area contributed by atoms with E-state index in [-0.39, 0.29) is 22.4 Å². The largest absolute Gasteiger partial charge is 0.392 e. The molecule has 0 atom stereocenters. The van der Waals surface area contributed by atoms with Gasteiger partial charge < -0.3 is 5.11 Å². The van der Waals surface area contributed by atoms with Crippen LogP contribution in [0.4, 0.5) is 8.78 Å². The molecular formula is C9H8F2N2O. The van der Waals surface area contributed by atoms with E-state index in [9.17, 15) is 8.78 Å². The quantitative estimate of drug-likeness (QED) is 0.786. The van der Waals surface area contributed by atoms with E-state index in [2.05, 4.69) is 4.98 Å². The fourth-order valence-corrected chi connectivity index (χ4v) is 1.17. The highest BCUT2D eigenvalue weighted by Crippen LogP contribution is 2.25. The average molecular weight is 198 g/mol. The van der Waals surface area contributed by atoms with E-state index in [0.717, 1.165) is 6.20 Å². The summed E-state index contributed by atoms with van der Waals surface area (Å²) in [5.74, 6) is 0. The Kier molecular flexibility index (Phi) is 3.10. The summed E-state index contributed by atoms with van der Waals surface area (Å²) in [7, 11) is 0. The standard InChI is InChI=1S/C9H8F2N2O/c1-5-6(9(10)11)3-13-8(2-12)7(5)4-14/h3,9,14H,4H2,1H3. The molecule has 0 aliphatic heterocycles. The molecule has 0 amide bonds. The van der Waals surface area contributed by atoms with Gasteiger partial charge in [-0.15, -0.1) is 0 Å². The van der Waals surface area contributed by atoms with Crippen molar-refractivity contribution in [2.45, 2.75) is 20.0 Å². The molecule has 0 saturated heterocycles. The van der Waals surface area contributed by atoms with Crippen LogP contribution in [0.2, 0.25) is 0 Å². The maximum absolute atomic E-state index is 12.4. The van der Waals surface area contributed by atoms with Crippen molar-refractivity contribution >= 4 is 0 Å². The number of hydrogen-bond donors (Lipinski definition) is 1. The zero-order chi connectivity index (χ0) is 10.7. The van der Waals surface area contributed by atoms with E-state index in [1.807, 2.05) is 0 Å². The molecule has 1 aromatic rings. The fourth-order valence-electron chi connectivity index (χ4n) is 1.17. The van der Waals surface area contributed by atoms with Crippen LogP contribution in [0.25, 0.3) is 0 Å². The molecule has 0 bridgehead atoms. The zero-order valence-electron chi connectivity index (χ0n) is 7.46. The lowest BCUT2D eigenvalue weighted by molar-refractivity contribution is 0.149. The van der Waals surface area contributed by atoms with Crippen LogP contribution in [-0.4, -0.2) is 10.1 Å². The van der Waals surface area contributed by atoms with E-state index < -0.39 is 13.0 Å². The van der Waals surface area contributed by atoms with Gasteiger partial charge in [-0.2, -0.15) is 5.26 Å². The Labute approximate surface area is 79.6 Å². The lowest BCUT2D eigenvalue weighted by Crippen LogP contribution is -2.02. The topological polar surface area (TPSA) is 56.9 Å². The molecule has 3 nitrogen and oxygen atoms in total. The highest BCUT2D eigenvalue weighted by atomic mass is 19.3. The minimum Gasteiger partial charge on any atom is -0.392 e. The third-order valence-corrected chi connectivity index (χ3v) is 2.00. The minimum atomic E-state index is -2.64. The first-order valence-corrected chi connectivity index (χ1v) is 3.89. The van der Waals surface area contributed by atoms with Crippen molar-refractivity contribution < 1.29 is 13.9 Å². The molecule has 0 aliphatic rings. The molecule has 1 N–H and O–H groups in total. The maximum atomic E-state index is 12.4.